The minimum atomic E-state index is -0.668. The van der Waals surface area contributed by atoms with Crippen molar-refractivity contribution in [1.82, 2.24) is 19.4 Å². The Morgan fingerprint density at radius 3 is 2.23 bits per heavy atom. The molecule has 0 spiro atoms. The first-order valence-corrected chi connectivity index (χ1v) is 24.3. The van der Waals surface area contributed by atoms with Gasteiger partial charge in [0.1, 0.15) is 6.04 Å². The van der Waals surface area contributed by atoms with E-state index in [9.17, 15) is 19.2 Å². The van der Waals surface area contributed by atoms with Crippen LogP contribution in [0.2, 0.25) is 5.02 Å². The number of carbonyl (C=O) groups excluding carboxylic acids is 3. The largest absolute Gasteiger partial charge is 0.493 e. The normalized spacial score (nSPS) is 21.9. The van der Waals surface area contributed by atoms with E-state index in [0.717, 1.165) is 71.6 Å². The van der Waals surface area contributed by atoms with Gasteiger partial charge in [0.15, 0.2) is 11.5 Å². The molecular weight excluding hydrogens is 852 g/mol. The van der Waals surface area contributed by atoms with Gasteiger partial charge in [0.05, 0.1) is 36.7 Å². The Labute approximate surface area is 392 Å². The maximum atomic E-state index is 14.1. The Hall–Kier alpha value is -5.59. The van der Waals surface area contributed by atoms with Gasteiger partial charge in [-0.05, 0) is 179 Å². The van der Waals surface area contributed by atoms with Gasteiger partial charge in [0.25, 0.3) is 0 Å². The smallest absolute Gasteiger partial charge is 0.329 e. The second kappa shape index (κ2) is 19.3. The summed E-state index contributed by atoms with van der Waals surface area (Å²) in [6.45, 7) is 7.30. The topological polar surface area (TPSA) is 118 Å². The molecule has 2 atom stereocenters. The number of piperidine rings is 2. The highest BCUT2D eigenvalue weighted by Crippen LogP contribution is 2.44. The molecule has 2 saturated heterocycles. The molecule has 3 amide bonds. The van der Waals surface area contributed by atoms with Crippen LogP contribution in [0, 0.1) is 11.8 Å². The number of benzene rings is 4. The lowest BCUT2D eigenvalue weighted by Gasteiger charge is -2.41. The number of imidazole rings is 1. The molecule has 1 aliphatic carbocycles. The Morgan fingerprint density at radius 1 is 0.818 bits per heavy atom. The number of anilines is 2. The zero-order chi connectivity index (χ0) is 46.2. The van der Waals surface area contributed by atoms with Gasteiger partial charge in [-0.3, -0.25) is 28.8 Å². The summed E-state index contributed by atoms with van der Waals surface area (Å²) >= 11 is 6.34. The number of nitrogens with zero attached hydrogens (tertiary/aromatic N) is 5. The lowest BCUT2D eigenvalue weighted by molar-refractivity contribution is -0.135. The minimum Gasteiger partial charge on any atom is -0.493 e. The first-order chi connectivity index (χ1) is 31.8. The Kier molecular flexibility index (Phi) is 13.3. The van der Waals surface area contributed by atoms with E-state index in [-0.39, 0.29) is 42.5 Å². The third-order valence-electron chi connectivity index (χ3n) is 14.7. The summed E-state index contributed by atoms with van der Waals surface area (Å²) in [5.41, 5.74) is 7.45. The number of likely N-dealkylation sites (tertiary alicyclic amines) is 1. The van der Waals surface area contributed by atoms with Crippen molar-refractivity contribution in [2.75, 3.05) is 43.6 Å². The minimum absolute atomic E-state index is 0.0229. The fourth-order valence-electron chi connectivity index (χ4n) is 11.2. The molecule has 1 aromatic heterocycles. The van der Waals surface area contributed by atoms with E-state index in [1.807, 2.05) is 61.2 Å². The van der Waals surface area contributed by atoms with Crippen molar-refractivity contribution >= 4 is 51.7 Å². The number of hydrogen-bond acceptors (Lipinski definition) is 8. The molecule has 12 nitrogen and oxygen atoms in total. The third kappa shape index (κ3) is 9.36. The van der Waals surface area contributed by atoms with E-state index >= 15 is 0 Å². The predicted octanol–water partition coefficient (Wildman–Crippen LogP) is 8.79. The average Bonchev–Trinajstić information content (AvgIpc) is 3.56. The van der Waals surface area contributed by atoms with Gasteiger partial charge in [-0.1, -0.05) is 29.8 Å². The van der Waals surface area contributed by atoms with Crippen molar-refractivity contribution < 1.29 is 23.9 Å². The highest BCUT2D eigenvalue weighted by molar-refractivity contribution is 6.30. The summed E-state index contributed by atoms with van der Waals surface area (Å²) in [5, 5.41) is 3.04. The number of amides is 3. The van der Waals surface area contributed by atoms with Crippen LogP contribution in [-0.4, -0.2) is 77.7 Å². The molecule has 4 heterocycles. The number of imide groups is 1. The molecule has 13 heteroatoms. The van der Waals surface area contributed by atoms with Gasteiger partial charge in [-0.15, -0.1) is 0 Å². The average molecular weight is 916 g/mol. The van der Waals surface area contributed by atoms with Crippen LogP contribution in [0.5, 0.6) is 11.5 Å². The van der Waals surface area contributed by atoms with Crippen molar-refractivity contribution in [3.8, 4) is 11.5 Å². The molecule has 4 aliphatic rings. The molecule has 0 bridgehead atoms. The van der Waals surface area contributed by atoms with Gasteiger partial charge in [-0.25, -0.2) is 4.79 Å². The second-order valence-corrected chi connectivity index (χ2v) is 19.8. The number of aryl methyl sites for hydroxylation is 2. The predicted molar refractivity (Wildman–Crippen MR) is 260 cm³/mol. The summed E-state index contributed by atoms with van der Waals surface area (Å²) < 4.78 is 15.1. The number of halogens is 1. The summed E-state index contributed by atoms with van der Waals surface area (Å²) in [6.07, 6.45) is 10.2. The highest BCUT2D eigenvalue weighted by Gasteiger charge is 2.37. The van der Waals surface area contributed by atoms with Gasteiger partial charge >= 0.3 is 5.69 Å². The van der Waals surface area contributed by atoms with Gasteiger partial charge < -0.3 is 24.2 Å². The number of nitrogens with one attached hydrogen (secondary N) is 1. The fraction of sp³-hybridized carbons (Fsp3) is 0.472. The molecular formula is C53H63ClN6O6. The number of hydrogen-bond donors (Lipinski definition) is 1. The number of methoxy groups -OCH3 is 1. The van der Waals surface area contributed by atoms with Crippen molar-refractivity contribution in [2.24, 2.45) is 18.9 Å². The Morgan fingerprint density at radius 2 is 1.55 bits per heavy atom. The summed E-state index contributed by atoms with van der Waals surface area (Å²) in [5.74, 6) is 1.93. The fourth-order valence-corrected chi connectivity index (χ4v) is 11.3. The SMILES string of the molecule is COc1cc2c(cc1OC(C)C)C(c1ccc(Cl)cc1)N(c1ccc(N(C)C[C@H]3CC[C@H](N4CCC(CCc5ccc6c(c5)n(C)c(=O)n6C5CCC(=O)NC5=O)CC4)CC3)cc1)C(=O)C2. The van der Waals surface area contributed by atoms with E-state index in [2.05, 4.69) is 58.6 Å². The van der Waals surface area contributed by atoms with Crippen LogP contribution in [0.25, 0.3) is 11.0 Å². The molecule has 1 N–H and O–H groups in total. The molecule has 1 saturated carbocycles. The molecule has 0 radical (unpaired) electrons. The van der Waals surface area contributed by atoms with E-state index in [1.54, 1.807) is 23.3 Å². The number of fused-ring (bicyclic) bond motifs is 2. The number of carbonyl (C=O) groups is 3. The first kappa shape index (κ1) is 45.6. The van der Waals surface area contributed by atoms with E-state index in [1.165, 1.54) is 44.1 Å². The van der Waals surface area contributed by atoms with Crippen LogP contribution in [-0.2, 0) is 34.3 Å². The summed E-state index contributed by atoms with van der Waals surface area (Å²) in [7, 11) is 5.57. The van der Waals surface area contributed by atoms with Crippen LogP contribution >= 0.6 is 11.6 Å². The summed E-state index contributed by atoms with van der Waals surface area (Å²) in [4.78, 5) is 58.7. The Balaban J connectivity index is 0.774. The molecule has 4 aromatic carbocycles. The maximum Gasteiger partial charge on any atom is 0.329 e. The molecule has 9 rings (SSSR count). The number of ether oxygens (including phenoxy) is 2. The lowest BCUT2D eigenvalue weighted by Crippen LogP contribution is -2.44. The molecule has 348 valence electrons. The van der Waals surface area contributed by atoms with Crippen LogP contribution < -0.4 is 30.3 Å². The zero-order valence-electron chi connectivity index (χ0n) is 38.9. The number of rotatable bonds is 13. The maximum absolute atomic E-state index is 14.1. The molecule has 5 aromatic rings. The molecule has 66 heavy (non-hydrogen) atoms. The third-order valence-corrected chi connectivity index (χ3v) is 15.0. The first-order valence-electron chi connectivity index (χ1n) is 23.9. The lowest BCUT2D eigenvalue weighted by atomic mass is 9.83. The van der Waals surface area contributed by atoms with Crippen molar-refractivity contribution in [1.29, 1.82) is 0 Å². The van der Waals surface area contributed by atoms with Gasteiger partial charge in [0.2, 0.25) is 17.7 Å². The van der Waals surface area contributed by atoms with Crippen LogP contribution in [0.4, 0.5) is 11.4 Å². The van der Waals surface area contributed by atoms with E-state index < -0.39 is 11.9 Å². The summed E-state index contributed by atoms with van der Waals surface area (Å²) in [6, 6.07) is 26.0. The quantitative estimate of drug-likeness (QED) is 0.117. The van der Waals surface area contributed by atoms with Crippen LogP contribution in [0.15, 0.2) is 83.7 Å². The van der Waals surface area contributed by atoms with Crippen molar-refractivity contribution in [2.45, 2.75) is 109 Å². The second-order valence-electron chi connectivity index (χ2n) is 19.4. The zero-order valence-corrected chi connectivity index (χ0v) is 39.7. The Bertz CT molecular complexity index is 2640. The standard InChI is InChI=1S/C53H63ClN6O6/c1-33(2)66-48-31-43-38(29-47(48)65-5)30-50(62)59(51(43)37-11-13-39(54)14-12-37)42-19-17-40(18-20-42)56(3)32-36-8-15-41(16-9-36)58-26-24-34(25-27-58)6-7-35-10-21-44-46(28-35)57(4)53(64)60(44)45-22-23-49(61)55-52(45)63/h10-14,17-21,28-29,31,33-34,36,41,45,51H,6-9,15-16,22-27,30,32H2,1-5H3,(H,55,61,63)/t36-,41-,45?,51?. The number of aromatic nitrogens is 2. The van der Waals surface area contributed by atoms with E-state index in [0.29, 0.717) is 40.8 Å². The molecule has 2 unspecified atom stereocenters. The monoisotopic (exact) mass is 914 g/mol. The van der Waals surface area contributed by atoms with Crippen molar-refractivity contribution in [3.05, 3.63) is 117 Å². The van der Waals surface area contributed by atoms with E-state index in [4.69, 9.17) is 21.1 Å². The van der Waals surface area contributed by atoms with Gasteiger partial charge in [0, 0.05) is 49.5 Å². The van der Waals surface area contributed by atoms with Crippen LogP contribution in [0.1, 0.15) is 106 Å². The highest BCUT2D eigenvalue weighted by atomic mass is 35.5. The van der Waals surface area contributed by atoms with Crippen molar-refractivity contribution in [3.63, 3.8) is 0 Å². The molecule has 3 fully saturated rings. The van der Waals surface area contributed by atoms with Gasteiger partial charge in [-0.2, -0.15) is 0 Å². The molecule has 3 aliphatic heterocycles. The van der Waals surface area contributed by atoms with Crippen LogP contribution in [0.3, 0.4) is 0 Å².